The van der Waals surface area contributed by atoms with Gasteiger partial charge in [0.05, 0.1) is 6.54 Å². The van der Waals surface area contributed by atoms with Crippen LogP contribution in [0.5, 0.6) is 0 Å². The topological polar surface area (TPSA) is 66.6 Å². The zero-order valence-electron chi connectivity index (χ0n) is 8.78. The number of nitrogens with zero attached hydrogens (tertiary/aromatic N) is 1. The Morgan fingerprint density at radius 2 is 2.00 bits per heavy atom. The molecule has 0 amide bonds. The van der Waals surface area contributed by atoms with Crippen molar-refractivity contribution in [1.29, 1.82) is 0 Å². The minimum atomic E-state index is -0.742. The zero-order valence-corrected chi connectivity index (χ0v) is 8.78. The molecule has 4 nitrogen and oxygen atoms in total. The van der Waals surface area contributed by atoms with Crippen molar-refractivity contribution in [3.8, 4) is 0 Å². The molecule has 82 valence electrons. The first-order valence-corrected chi connectivity index (χ1v) is 5.25. The molecule has 1 fully saturated rings. The van der Waals surface area contributed by atoms with Crippen molar-refractivity contribution in [3.05, 3.63) is 0 Å². The molecule has 0 heterocycles. The van der Waals surface area contributed by atoms with Crippen LogP contribution in [-0.2, 0) is 4.79 Å². The van der Waals surface area contributed by atoms with Crippen LogP contribution in [0, 0.1) is 5.92 Å². The number of nitrogens with two attached hydrogens (primary N) is 1. The van der Waals surface area contributed by atoms with Gasteiger partial charge in [0.15, 0.2) is 0 Å². The van der Waals surface area contributed by atoms with Crippen LogP contribution in [0.15, 0.2) is 0 Å². The summed E-state index contributed by atoms with van der Waals surface area (Å²) >= 11 is 0. The maximum absolute atomic E-state index is 10.5. The summed E-state index contributed by atoms with van der Waals surface area (Å²) in [6.07, 6.45) is 4.47. The van der Waals surface area contributed by atoms with E-state index in [1.54, 1.807) is 0 Å². The standard InChI is InChI=1S/C10H20N2O2/c1-12(7-10(13)14)9-4-2-8(6-11)3-5-9/h8-9H,2-7,11H2,1H3,(H,13,14)/t8-,9-. The smallest absolute Gasteiger partial charge is 0.317 e. The first-order chi connectivity index (χ1) is 6.63. The van der Waals surface area contributed by atoms with Crippen LogP contribution in [0.2, 0.25) is 0 Å². The molecule has 1 aliphatic rings. The number of carboxylic acid groups (broad SMARTS) is 1. The van der Waals surface area contributed by atoms with Crippen LogP contribution < -0.4 is 5.73 Å². The lowest BCUT2D eigenvalue weighted by Gasteiger charge is -2.33. The second-order valence-corrected chi connectivity index (χ2v) is 4.22. The van der Waals surface area contributed by atoms with E-state index in [1.807, 2.05) is 11.9 Å². The Hall–Kier alpha value is -0.610. The summed E-state index contributed by atoms with van der Waals surface area (Å²) in [7, 11) is 1.89. The van der Waals surface area contributed by atoms with Gasteiger partial charge in [-0.2, -0.15) is 0 Å². The lowest BCUT2D eigenvalue weighted by Crippen LogP contribution is -2.39. The van der Waals surface area contributed by atoms with E-state index in [2.05, 4.69) is 0 Å². The maximum atomic E-state index is 10.5. The molecule has 14 heavy (non-hydrogen) atoms. The highest BCUT2D eigenvalue weighted by Crippen LogP contribution is 2.25. The molecule has 0 aromatic rings. The minimum absolute atomic E-state index is 0.151. The third kappa shape index (κ3) is 3.27. The monoisotopic (exact) mass is 200 g/mol. The molecule has 3 N–H and O–H groups in total. The van der Waals surface area contributed by atoms with Gasteiger partial charge in [0.2, 0.25) is 0 Å². The maximum Gasteiger partial charge on any atom is 0.317 e. The van der Waals surface area contributed by atoms with Gasteiger partial charge in [-0.05, 0) is 45.2 Å². The van der Waals surface area contributed by atoms with Gasteiger partial charge in [-0.1, -0.05) is 0 Å². The first kappa shape index (κ1) is 11.5. The van der Waals surface area contributed by atoms with Crippen LogP contribution in [0.4, 0.5) is 0 Å². The van der Waals surface area contributed by atoms with Crippen molar-refractivity contribution < 1.29 is 9.90 Å². The van der Waals surface area contributed by atoms with E-state index in [-0.39, 0.29) is 6.54 Å². The fourth-order valence-electron chi connectivity index (χ4n) is 2.16. The van der Waals surface area contributed by atoms with E-state index in [0.29, 0.717) is 12.0 Å². The number of rotatable bonds is 4. The van der Waals surface area contributed by atoms with Gasteiger partial charge in [0.1, 0.15) is 0 Å². The third-order valence-electron chi connectivity index (χ3n) is 3.16. The molecular formula is C10H20N2O2. The molecule has 0 bridgehead atoms. The van der Waals surface area contributed by atoms with Crippen LogP contribution in [0.1, 0.15) is 25.7 Å². The minimum Gasteiger partial charge on any atom is -0.480 e. The van der Waals surface area contributed by atoms with Gasteiger partial charge in [-0.15, -0.1) is 0 Å². The molecule has 1 aliphatic carbocycles. The molecule has 0 aliphatic heterocycles. The molecule has 0 atom stereocenters. The number of hydrogen-bond donors (Lipinski definition) is 2. The Kier molecular flexibility index (Phi) is 4.35. The number of carbonyl (C=O) groups is 1. The lowest BCUT2D eigenvalue weighted by molar-refractivity contribution is -0.138. The summed E-state index contributed by atoms with van der Waals surface area (Å²) in [4.78, 5) is 12.5. The van der Waals surface area contributed by atoms with Crippen molar-refractivity contribution in [1.82, 2.24) is 4.90 Å². The quantitative estimate of drug-likeness (QED) is 0.694. The van der Waals surface area contributed by atoms with E-state index in [1.165, 1.54) is 0 Å². The summed E-state index contributed by atoms with van der Waals surface area (Å²) in [5, 5.41) is 8.65. The zero-order chi connectivity index (χ0) is 10.6. The van der Waals surface area contributed by atoms with Crippen LogP contribution in [0.3, 0.4) is 0 Å². The molecule has 0 radical (unpaired) electrons. The number of carboxylic acids is 1. The molecular weight excluding hydrogens is 180 g/mol. The average molecular weight is 200 g/mol. The van der Waals surface area contributed by atoms with Crippen LogP contribution in [-0.4, -0.2) is 42.2 Å². The average Bonchev–Trinajstić information content (AvgIpc) is 2.17. The Labute approximate surface area is 85.1 Å². The molecule has 4 heteroatoms. The second kappa shape index (κ2) is 5.32. The van der Waals surface area contributed by atoms with Gasteiger partial charge in [0.25, 0.3) is 0 Å². The molecule has 0 aromatic carbocycles. The SMILES string of the molecule is CN(CC(=O)O)[C@H]1CC[C@H](CN)CC1. The van der Waals surface area contributed by atoms with Crippen molar-refractivity contribution in [2.24, 2.45) is 11.7 Å². The highest BCUT2D eigenvalue weighted by molar-refractivity contribution is 5.69. The normalized spacial score (nSPS) is 27.9. The molecule has 0 spiro atoms. The van der Waals surface area contributed by atoms with Crippen molar-refractivity contribution in [2.45, 2.75) is 31.7 Å². The summed E-state index contributed by atoms with van der Waals surface area (Å²) in [6, 6.07) is 0.439. The van der Waals surface area contributed by atoms with Crippen molar-refractivity contribution in [3.63, 3.8) is 0 Å². The molecule has 0 saturated heterocycles. The Bertz CT molecular complexity index is 189. The van der Waals surface area contributed by atoms with E-state index < -0.39 is 5.97 Å². The lowest BCUT2D eigenvalue weighted by atomic mass is 9.85. The van der Waals surface area contributed by atoms with Crippen LogP contribution in [0.25, 0.3) is 0 Å². The molecule has 0 unspecified atom stereocenters. The Morgan fingerprint density at radius 1 is 1.43 bits per heavy atom. The Balaban J connectivity index is 2.30. The highest BCUT2D eigenvalue weighted by atomic mass is 16.4. The summed E-state index contributed by atoms with van der Waals surface area (Å²) < 4.78 is 0. The van der Waals surface area contributed by atoms with E-state index >= 15 is 0 Å². The Morgan fingerprint density at radius 3 is 2.43 bits per heavy atom. The second-order valence-electron chi connectivity index (χ2n) is 4.22. The summed E-state index contributed by atoms with van der Waals surface area (Å²) in [6.45, 7) is 0.924. The first-order valence-electron chi connectivity index (χ1n) is 5.25. The van der Waals surface area contributed by atoms with Gasteiger partial charge < -0.3 is 10.8 Å². The number of hydrogen-bond acceptors (Lipinski definition) is 3. The van der Waals surface area contributed by atoms with Crippen molar-refractivity contribution in [2.75, 3.05) is 20.1 Å². The van der Waals surface area contributed by atoms with E-state index in [0.717, 1.165) is 32.2 Å². The number of likely N-dealkylation sites (N-methyl/N-ethyl adjacent to an activating group) is 1. The van der Waals surface area contributed by atoms with Crippen LogP contribution >= 0.6 is 0 Å². The highest BCUT2D eigenvalue weighted by Gasteiger charge is 2.23. The molecule has 1 rings (SSSR count). The summed E-state index contributed by atoms with van der Waals surface area (Å²) in [5.41, 5.74) is 5.60. The van der Waals surface area contributed by atoms with Gasteiger partial charge in [-0.3, -0.25) is 9.69 Å². The third-order valence-corrected chi connectivity index (χ3v) is 3.16. The van der Waals surface area contributed by atoms with Gasteiger partial charge >= 0.3 is 5.97 Å². The van der Waals surface area contributed by atoms with Gasteiger partial charge in [0, 0.05) is 6.04 Å². The fraction of sp³-hybridized carbons (Fsp3) is 0.900. The predicted octanol–water partition coefficient (Wildman–Crippen LogP) is 0.520. The predicted molar refractivity (Wildman–Crippen MR) is 55.1 cm³/mol. The largest absolute Gasteiger partial charge is 0.480 e. The number of aliphatic carboxylic acids is 1. The fourth-order valence-corrected chi connectivity index (χ4v) is 2.16. The van der Waals surface area contributed by atoms with Gasteiger partial charge in [-0.25, -0.2) is 0 Å². The summed E-state index contributed by atoms with van der Waals surface area (Å²) in [5.74, 6) is -0.0853. The van der Waals surface area contributed by atoms with Crippen molar-refractivity contribution >= 4 is 5.97 Å². The van der Waals surface area contributed by atoms with E-state index in [9.17, 15) is 4.79 Å². The molecule has 1 saturated carbocycles. The molecule has 0 aromatic heterocycles. The van der Waals surface area contributed by atoms with E-state index in [4.69, 9.17) is 10.8 Å².